The van der Waals surface area contributed by atoms with Crippen molar-refractivity contribution in [3.8, 4) is 0 Å². The SMILES string of the molecule is CCCCNC(=O)C1N([C@@H](CO)CC(C)C)C(=O)[C@@H]2[C@@H](C(=O)OCC)[C@H]3CCC12S3. The summed E-state index contributed by atoms with van der Waals surface area (Å²) < 4.78 is 4.71. The van der Waals surface area contributed by atoms with Crippen molar-refractivity contribution < 1.29 is 24.2 Å². The fourth-order valence-corrected chi connectivity index (χ4v) is 7.79. The first kappa shape index (κ1) is 23.4. The minimum atomic E-state index is -0.655. The molecular weight excluding hydrogens is 404 g/mol. The standard InChI is InChI=1S/C22H36N2O5S/c1-5-7-10-23-19(26)18-22-9-8-15(30-22)16(21(28)29-6-2)17(22)20(27)24(18)14(12-25)11-13(3)4/h13-18,25H,5-12H2,1-4H3,(H,23,26)/t14-,15-,16+,17+,18?,22?/m1/s1. The fourth-order valence-electron chi connectivity index (χ4n) is 5.60. The van der Waals surface area contributed by atoms with Crippen molar-refractivity contribution in [3.63, 3.8) is 0 Å². The molecule has 6 atom stereocenters. The first-order chi connectivity index (χ1) is 14.3. The highest BCUT2D eigenvalue weighted by atomic mass is 32.2. The van der Waals surface area contributed by atoms with E-state index in [4.69, 9.17) is 4.74 Å². The molecule has 7 nitrogen and oxygen atoms in total. The van der Waals surface area contributed by atoms with Gasteiger partial charge in [-0.2, -0.15) is 0 Å². The molecule has 0 radical (unpaired) electrons. The fraction of sp³-hybridized carbons (Fsp3) is 0.864. The van der Waals surface area contributed by atoms with E-state index in [0.29, 0.717) is 13.0 Å². The van der Waals surface area contributed by atoms with Gasteiger partial charge in [-0.05, 0) is 38.5 Å². The highest BCUT2D eigenvalue weighted by Crippen LogP contribution is 2.66. The molecule has 3 aliphatic heterocycles. The maximum Gasteiger partial charge on any atom is 0.310 e. The van der Waals surface area contributed by atoms with E-state index < -0.39 is 28.7 Å². The van der Waals surface area contributed by atoms with Crippen LogP contribution in [-0.4, -0.2) is 69.6 Å². The van der Waals surface area contributed by atoms with Crippen LogP contribution in [-0.2, 0) is 19.1 Å². The summed E-state index contributed by atoms with van der Waals surface area (Å²) in [5, 5.41) is 13.2. The van der Waals surface area contributed by atoms with E-state index in [0.717, 1.165) is 25.7 Å². The number of carbonyl (C=O) groups excluding carboxylic acids is 3. The second-order valence-electron chi connectivity index (χ2n) is 9.16. The van der Waals surface area contributed by atoms with Crippen LogP contribution in [0.1, 0.15) is 59.8 Å². The molecule has 2 N–H and O–H groups in total. The van der Waals surface area contributed by atoms with Crippen molar-refractivity contribution >= 4 is 29.5 Å². The van der Waals surface area contributed by atoms with Crippen LogP contribution in [0, 0.1) is 17.8 Å². The zero-order chi connectivity index (χ0) is 22.1. The van der Waals surface area contributed by atoms with Gasteiger partial charge in [-0.3, -0.25) is 14.4 Å². The lowest BCUT2D eigenvalue weighted by molar-refractivity contribution is -0.154. The highest BCUT2D eigenvalue weighted by Gasteiger charge is 2.74. The van der Waals surface area contributed by atoms with Crippen LogP contribution < -0.4 is 5.32 Å². The molecule has 3 saturated heterocycles. The lowest BCUT2D eigenvalue weighted by atomic mass is 9.71. The minimum Gasteiger partial charge on any atom is -0.466 e. The van der Waals surface area contributed by atoms with Gasteiger partial charge in [0.25, 0.3) is 0 Å². The molecular formula is C22H36N2O5S. The van der Waals surface area contributed by atoms with Gasteiger partial charge in [-0.1, -0.05) is 27.2 Å². The molecule has 3 aliphatic rings. The number of likely N-dealkylation sites (tertiary alicyclic amines) is 1. The van der Waals surface area contributed by atoms with Crippen molar-refractivity contribution in [3.05, 3.63) is 0 Å². The molecule has 2 bridgehead atoms. The van der Waals surface area contributed by atoms with Gasteiger partial charge >= 0.3 is 5.97 Å². The quantitative estimate of drug-likeness (QED) is 0.398. The van der Waals surface area contributed by atoms with E-state index in [1.54, 1.807) is 23.6 Å². The zero-order valence-corrected chi connectivity index (χ0v) is 19.4. The van der Waals surface area contributed by atoms with Crippen molar-refractivity contribution in [2.75, 3.05) is 19.8 Å². The molecule has 3 rings (SSSR count). The van der Waals surface area contributed by atoms with Crippen molar-refractivity contribution in [2.45, 2.75) is 81.9 Å². The van der Waals surface area contributed by atoms with Gasteiger partial charge in [-0.15, -0.1) is 11.8 Å². The van der Waals surface area contributed by atoms with Gasteiger partial charge in [0.1, 0.15) is 6.04 Å². The summed E-state index contributed by atoms with van der Waals surface area (Å²) >= 11 is 1.64. The van der Waals surface area contributed by atoms with Gasteiger partial charge in [0.2, 0.25) is 11.8 Å². The number of amides is 2. The van der Waals surface area contributed by atoms with Crippen LogP contribution in [0.5, 0.6) is 0 Å². The molecule has 3 heterocycles. The number of rotatable bonds is 10. The van der Waals surface area contributed by atoms with Crippen LogP contribution >= 0.6 is 11.8 Å². The summed E-state index contributed by atoms with van der Waals surface area (Å²) in [5.74, 6) is -1.45. The number of ether oxygens (including phenoxy) is 1. The second-order valence-corrected chi connectivity index (χ2v) is 10.8. The summed E-state index contributed by atoms with van der Waals surface area (Å²) in [6.45, 7) is 8.57. The molecule has 2 amide bonds. The third-order valence-electron chi connectivity index (χ3n) is 6.72. The Labute approximate surface area is 183 Å². The van der Waals surface area contributed by atoms with Gasteiger partial charge < -0.3 is 20.1 Å². The largest absolute Gasteiger partial charge is 0.466 e. The van der Waals surface area contributed by atoms with Crippen LogP contribution in [0.3, 0.4) is 0 Å². The second kappa shape index (κ2) is 9.47. The number of aliphatic hydroxyl groups is 1. The van der Waals surface area contributed by atoms with Gasteiger partial charge in [0, 0.05) is 11.8 Å². The molecule has 30 heavy (non-hydrogen) atoms. The van der Waals surface area contributed by atoms with E-state index in [-0.39, 0.29) is 42.2 Å². The van der Waals surface area contributed by atoms with Gasteiger partial charge in [0.05, 0.1) is 35.8 Å². The Kier molecular flexibility index (Phi) is 7.38. The first-order valence-corrected chi connectivity index (χ1v) is 12.2. The van der Waals surface area contributed by atoms with Crippen LogP contribution in [0.25, 0.3) is 0 Å². The van der Waals surface area contributed by atoms with Gasteiger partial charge in [-0.25, -0.2) is 0 Å². The predicted molar refractivity (Wildman–Crippen MR) is 116 cm³/mol. The van der Waals surface area contributed by atoms with Crippen molar-refractivity contribution in [1.82, 2.24) is 10.2 Å². The van der Waals surface area contributed by atoms with Crippen molar-refractivity contribution in [1.29, 1.82) is 0 Å². The number of aliphatic hydroxyl groups excluding tert-OH is 1. The summed E-state index contributed by atoms with van der Waals surface area (Å²) in [7, 11) is 0. The van der Waals surface area contributed by atoms with Crippen molar-refractivity contribution in [2.24, 2.45) is 17.8 Å². The Balaban J connectivity index is 1.98. The summed E-state index contributed by atoms with van der Waals surface area (Å²) in [4.78, 5) is 41.5. The monoisotopic (exact) mass is 440 g/mol. The van der Waals surface area contributed by atoms with Gasteiger partial charge in [0.15, 0.2) is 0 Å². The number of hydrogen-bond acceptors (Lipinski definition) is 6. The van der Waals surface area contributed by atoms with E-state index in [2.05, 4.69) is 12.2 Å². The Morgan fingerprint density at radius 1 is 1.37 bits per heavy atom. The predicted octanol–water partition coefficient (Wildman–Crippen LogP) is 1.96. The molecule has 2 unspecified atom stereocenters. The summed E-state index contributed by atoms with van der Waals surface area (Å²) in [5.41, 5.74) is 0. The van der Waals surface area contributed by atoms with E-state index in [9.17, 15) is 19.5 Å². The molecule has 1 spiro atoms. The Hall–Kier alpha value is -1.28. The number of thioether (sulfide) groups is 1. The zero-order valence-electron chi connectivity index (χ0n) is 18.6. The third kappa shape index (κ3) is 3.85. The minimum absolute atomic E-state index is 0.0174. The average Bonchev–Trinajstić information content (AvgIpc) is 3.33. The molecule has 0 aromatic heterocycles. The number of esters is 1. The topological polar surface area (TPSA) is 95.9 Å². The molecule has 3 fully saturated rings. The van der Waals surface area contributed by atoms with E-state index in [1.807, 2.05) is 13.8 Å². The molecule has 0 aromatic carbocycles. The van der Waals surface area contributed by atoms with E-state index >= 15 is 0 Å². The maximum absolute atomic E-state index is 13.7. The van der Waals surface area contributed by atoms with Crippen LogP contribution in [0.2, 0.25) is 0 Å². The lowest BCUT2D eigenvalue weighted by Gasteiger charge is -2.37. The number of carbonyl (C=O) groups is 3. The van der Waals surface area contributed by atoms with Crippen LogP contribution in [0.15, 0.2) is 0 Å². The number of unbranched alkanes of at least 4 members (excludes halogenated alkanes) is 1. The molecule has 0 saturated carbocycles. The normalized spacial score (nSPS) is 33.1. The maximum atomic E-state index is 13.7. The Morgan fingerprint density at radius 2 is 2.10 bits per heavy atom. The molecule has 170 valence electrons. The van der Waals surface area contributed by atoms with E-state index in [1.165, 1.54) is 0 Å². The highest BCUT2D eigenvalue weighted by molar-refractivity contribution is 8.02. The Bertz CT molecular complexity index is 672. The number of nitrogens with zero attached hydrogens (tertiary/aromatic N) is 1. The summed E-state index contributed by atoms with van der Waals surface area (Å²) in [6, 6.07) is -1.08. The Morgan fingerprint density at radius 3 is 2.70 bits per heavy atom. The number of fused-ring (bicyclic) bond motifs is 1. The number of hydrogen-bond donors (Lipinski definition) is 2. The first-order valence-electron chi connectivity index (χ1n) is 11.4. The average molecular weight is 441 g/mol. The lowest BCUT2D eigenvalue weighted by Crippen LogP contribution is -2.56. The molecule has 0 aromatic rings. The number of nitrogens with one attached hydrogen (secondary N) is 1. The molecule has 0 aliphatic carbocycles. The summed E-state index contributed by atoms with van der Waals surface area (Å²) in [6.07, 6.45) is 3.99. The third-order valence-corrected chi connectivity index (χ3v) is 8.67. The molecule has 8 heteroatoms. The van der Waals surface area contributed by atoms with Crippen LogP contribution in [0.4, 0.5) is 0 Å². The smallest absolute Gasteiger partial charge is 0.310 e.